The topological polar surface area (TPSA) is 66.4 Å². The van der Waals surface area contributed by atoms with Gasteiger partial charge in [0.2, 0.25) is 0 Å². The number of hydrogen-bond donors (Lipinski definition) is 2. The summed E-state index contributed by atoms with van der Waals surface area (Å²) in [7, 11) is 0. The van der Waals surface area contributed by atoms with Crippen LogP contribution in [0.1, 0.15) is 22.7 Å². The molecular weight excluding hydrogens is 297 g/mol. The molecule has 1 saturated heterocycles. The van der Waals surface area contributed by atoms with Crippen molar-refractivity contribution in [3.05, 3.63) is 76.6 Å². The zero-order valence-electron chi connectivity index (χ0n) is 12.3. The van der Waals surface area contributed by atoms with E-state index < -0.39 is 23.5 Å². The van der Waals surface area contributed by atoms with Crippen LogP contribution in [0.25, 0.3) is 5.76 Å². The molecule has 116 valence electrons. The first-order chi connectivity index (χ1) is 11.0. The summed E-state index contributed by atoms with van der Waals surface area (Å²) >= 11 is 0. The lowest BCUT2D eigenvalue weighted by Gasteiger charge is -2.14. The monoisotopic (exact) mass is 311 g/mol. The molecule has 2 aromatic rings. The fourth-order valence-electron chi connectivity index (χ4n) is 2.58. The third-order valence-corrected chi connectivity index (χ3v) is 3.81. The minimum absolute atomic E-state index is 0.135. The first-order valence-electron chi connectivity index (χ1n) is 7.09. The number of hydrogen-bond acceptors (Lipinski definition) is 3. The number of aliphatic hydroxyl groups is 1. The molecule has 1 atom stereocenters. The molecule has 4 nitrogen and oxygen atoms in total. The Labute approximate surface area is 132 Å². The molecule has 0 radical (unpaired) electrons. The van der Waals surface area contributed by atoms with Crippen LogP contribution in [0.4, 0.5) is 4.39 Å². The Morgan fingerprint density at radius 2 is 1.74 bits per heavy atom. The molecule has 0 aliphatic carbocycles. The Kier molecular flexibility index (Phi) is 3.70. The van der Waals surface area contributed by atoms with Crippen LogP contribution >= 0.6 is 0 Å². The largest absolute Gasteiger partial charge is 0.507 e. The minimum atomic E-state index is -1.00. The summed E-state index contributed by atoms with van der Waals surface area (Å²) in [5.74, 6) is -2.58. The summed E-state index contributed by atoms with van der Waals surface area (Å²) in [4.78, 5) is 23.9. The summed E-state index contributed by atoms with van der Waals surface area (Å²) in [5.41, 5.74) is 1.39. The van der Waals surface area contributed by atoms with Crippen LogP contribution < -0.4 is 5.32 Å². The Hall–Kier alpha value is -2.95. The number of nitrogens with one attached hydrogen (secondary N) is 1. The second kappa shape index (κ2) is 5.68. The molecule has 0 aromatic heterocycles. The summed E-state index contributed by atoms with van der Waals surface area (Å²) in [6.45, 7) is 1.89. The Bertz CT molecular complexity index is 824. The normalized spacial score (nSPS) is 19.7. The van der Waals surface area contributed by atoms with Crippen molar-refractivity contribution in [3.63, 3.8) is 0 Å². The number of ketones is 1. The predicted molar refractivity (Wildman–Crippen MR) is 83.0 cm³/mol. The van der Waals surface area contributed by atoms with Crippen LogP contribution in [0.15, 0.2) is 54.1 Å². The van der Waals surface area contributed by atoms with Crippen LogP contribution in [0.5, 0.6) is 0 Å². The van der Waals surface area contributed by atoms with Crippen LogP contribution in [-0.4, -0.2) is 16.8 Å². The highest BCUT2D eigenvalue weighted by molar-refractivity contribution is 6.46. The van der Waals surface area contributed by atoms with Gasteiger partial charge in [-0.3, -0.25) is 9.59 Å². The minimum Gasteiger partial charge on any atom is -0.507 e. The van der Waals surface area contributed by atoms with Gasteiger partial charge in [0, 0.05) is 11.1 Å². The van der Waals surface area contributed by atoms with Crippen LogP contribution in [0.3, 0.4) is 0 Å². The number of carbonyl (C=O) groups excluding carboxylic acids is 2. The number of Topliss-reactive ketones (excluding diaryl/α,β-unsaturated/α-hetero) is 1. The number of rotatable bonds is 2. The van der Waals surface area contributed by atoms with Crippen molar-refractivity contribution in [2.45, 2.75) is 13.0 Å². The van der Waals surface area contributed by atoms with E-state index >= 15 is 0 Å². The average molecular weight is 311 g/mol. The SMILES string of the molecule is Cc1ccc(C(O)=C2C(=O)C(=O)NC2c2ccccc2F)cc1. The Morgan fingerprint density at radius 3 is 2.39 bits per heavy atom. The maximum Gasteiger partial charge on any atom is 0.293 e. The molecular formula is C18H14FNO3. The second-order valence-corrected chi connectivity index (χ2v) is 5.39. The highest BCUT2D eigenvalue weighted by atomic mass is 19.1. The molecule has 23 heavy (non-hydrogen) atoms. The van der Waals surface area contributed by atoms with E-state index in [2.05, 4.69) is 5.32 Å². The number of aliphatic hydroxyl groups excluding tert-OH is 1. The molecule has 1 aliphatic heterocycles. The van der Waals surface area contributed by atoms with Gasteiger partial charge in [-0.2, -0.15) is 0 Å². The van der Waals surface area contributed by atoms with E-state index in [4.69, 9.17) is 0 Å². The van der Waals surface area contributed by atoms with Gasteiger partial charge in [-0.15, -0.1) is 0 Å². The van der Waals surface area contributed by atoms with Crippen molar-refractivity contribution in [1.29, 1.82) is 0 Å². The molecule has 1 amide bonds. The van der Waals surface area contributed by atoms with Crippen molar-refractivity contribution in [1.82, 2.24) is 5.32 Å². The smallest absolute Gasteiger partial charge is 0.293 e. The number of carbonyl (C=O) groups is 2. The van der Waals surface area contributed by atoms with Gasteiger partial charge < -0.3 is 10.4 Å². The molecule has 0 bridgehead atoms. The van der Waals surface area contributed by atoms with Gasteiger partial charge in [0.1, 0.15) is 11.6 Å². The molecule has 0 spiro atoms. The first kappa shape index (κ1) is 15.0. The number of amides is 1. The predicted octanol–water partition coefficient (Wildman–Crippen LogP) is 2.84. The summed E-state index contributed by atoms with van der Waals surface area (Å²) < 4.78 is 14.0. The van der Waals surface area contributed by atoms with E-state index in [9.17, 15) is 19.1 Å². The maximum absolute atomic E-state index is 14.0. The fourth-order valence-corrected chi connectivity index (χ4v) is 2.58. The van der Waals surface area contributed by atoms with E-state index in [1.54, 1.807) is 30.3 Å². The fraction of sp³-hybridized carbons (Fsp3) is 0.111. The number of aryl methyl sites for hydroxylation is 1. The van der Waals surface area contributed by atoms with Gasteiger partial charge in [0.25, 0.3) is 11.7 Å². The van der Waals surface area contributed by atoms with Crippen molar-refractivity contribution in [3.8, 4) is 0 Å². The quantitative estimate of drug-likeness (QED) is 0.509. The van der Waals surface area contributed by atoms with Crippen LogP contribution in [-0.2, 0) is 9.59 Å². The molecule has 3 rings (SSSR count). The maximum atomic E-state index is 14.0. The zero-order valence-corrected chi connectivity index (χ0v) is 12.3. The summed E-state index contributed by atoms with van der Waals surface area (Å²) in [6.07, 6.45) is 0. The van der Waals surface area contributed by atoms with Crippen molar-refractivity contribution in [2.24, 2.45) is 0 Å². The molecule has 2 aromatic carbocycles. The lowest BCUT2D eigenvalue weighted by atomic mass is 9.95. The highest BCUT2D eigenvalue weighted by Gasteiger charge is 2.40. The Morgan fingerprint density at radius 1 is 1.09 bits per heavy atom. The molecule has 1 unspecified atom stereocenters. The average Bonchev–Trinajstić information content (AvgIpc) is 2.83. The molecule has 2 N–H and O–H groups in total. The number of halogens is 1. The third kappa shape index (κ3) is 2.61. The zero-order chi connectivity index (χ0) is 16.6. The molecule has 5 heteroatoms. The Balaban J connectivity index is 2.15. The lowest BCUT2D eigenvalue weighted by Crippen LogP contribution is -2.21. The van der Waals surface area contributed by atoms with Gasteiger partial charge in [-0.25, -0.2) is 4.39 Å². The van der Waals surface area contributed by atoms with Gasteiger partial charge in [-0.1, -0.05) is 48.0 Å². The van der Waals surface area contributed by atoms with Gasteiger partial charge >= 0.3 is 0 Å². The van der Waals surface area contributed by atoms with E-state index in [0.717, 1.165) is 5.56 Å². The molecule has 1 fully saturated rings. The lowest BCUT2D eigenvalue weighted by molar-refractivity contribution is -0.133. The summed E-state index contributed by atoms with van der Waals surface area (Å²) in [5, 5.41) is 12.9. The van der Waals surface area contributed by atoms with Crippen LogP contribution in [0, 0.1) is 12.7 Å². The van der Waals surface area contributed by atoms with Crippen molar-refractivity contribution in [2.75, 3.05) is 0 Å². The van der Waals surface area contributed by atoms with E-state index in [-0.39, 0.29) is 16.9 Å². The van der Waals surface area contributed by atoms with E-state index in [1.807, 2.05) is 6.92 Å². The van der Waals surface area contributed by atoms with Gasteiger partial charge in [-0.05, 0) is 13.0 Å². The van der Waals surface area contributed by atoms with Crippen molar-refractivity contribution >= 4 is 17.4 Å². The molecule has 0 saturated carbocycles. The van der Waals surface area contributed by atoms with Gasteiger partial charge in [0.15, 0.2) is 0 Å². The van der Waals surface area contributed by atoms with Crippen LogP contribution in [0.2, 0.25) is 0 Å². The van der Waals surface area contributed by atoms with Crippen molar-refractivity contribution < 1.29 is 19.1 Å². The second-order valence-electron chi connectivity index (χ2n) is 5.39. The van der Waals surface area contributed by atoms with E-state index in [1.165, 1.54) is 18.2 Å². The standard InChI is InChI=1S/C18H14FNO3/c1-10-6-8-11(9-7-10)16(21)14-15(20-18(23)17(14)22)12-4-2-3-5-13(12)19/h2-9,15,21H,1H3,(H,20,23). The molecule has 1 aliphatic rings. The highest BCUT2D eigenvalue weighted by Crippen LogP contribution is 2.33. The molecule has 1 heterocycles. The number of benzene rings is 2. The van der Waals surface area contributed by atoms with E-state index in [0.29, 0.717) is 5.56 Å². The summed E-state index contributed by atoms with van der Waals surface area (Å²) in [6, 6.07) is 11.7. The first-order valence-corrected chi connectivity index (χ1v) is 7.09. The van der Waals surface area contributed by atoms with Gasteiger partial charge in [0.05, 0.1) is 11.6 Å². The third-order valence-electron chi connectivity index (χ3n) is 3.81.